The molecule has 3 amide bonds. The van der Waals surface area contributed by atoms with E-state index >= 15 is 0 Å². The molecule has 0 fully saturated rings. The van der Waals surface area contributed by atoms with Crippen molar-refractivity contribution in [2.24, 2.45) is 5.73 Å². The first-order valence-electron chi connectivity index (χ1n) is 7.42. The molecule has 0 bridgehead atoms. The Morgan fingerprint density at radius 1 is 1.28 bits per heavy atom. The van der Waals surface area contributed by atoms with Gasteiger partial charge in [-0.2, -0.15) is 5.26 Å². The number of nitriles is 1. The molecule has 0 aliphatic carbocycles. The van der Waals surface area contributed by atoms with Crippen molar-refractivity contribution in [2.75, 3.05) is 0 Å². The molecule has 1 aromatic carbocycles. The zero-order chi connectivity index (χ0) is 18.7. The van der Waals surface area contributed by atoms with Gasteiger partial charge in [0.2, 0.25) is 0 Å². The number of urea groups is 1. The fraction of sp³-hybridized carbons (Fsp3) is 0.167. The van der Waals surface area contributed by atoms with Crippen LogP contribution in [0.15, 0.2) is 34.3 Å². The van der Waals surface area contributed by atoms with Crippen LogP contribution in [0.1, 0.15) is 22.5 Å². The maximum absolute atomic E-state index is 11.8. The lowest BCUT2D eigenvalue weighted by atomic mass is 10.1. The number of rotatable bonds is 3. The first kappa shape index (κ1) is 18.5. The number of hydrogen-bond acceptors (Lipinski definition) is 3. The lowest BCUT2D eigenvalue weighted by Gasteiger charge is -2.11. The molecule has 0 spiro atoms. The van der Waals surface area contributed by atoms with Crippen LogP contribution in [0.5, 0.6) is 0 Å². The molecule has 1 heterocycles. The highest BCUT2D eigenvalue weighted by Crippen LogP contribution is 2.25. The number of benzene rings is 1. The number of imide groups is 1. The predicted octanol–water partition coefficient (Wildman–Crippen LogP) is 3.27. The standard InChI is InChI=1S/C18H17BrN4O2/c1-10-6-15(4-5-16(10)19)23-11(2)7-13(12(23)3)8-14(9-20)17(24)22-18(21)25/h4-8H,1-3H3,(H3,21,22,24,25)/b14-8-. The molecule has 0 aliphatic rings. The number of hydrogen-bond donors (Lipinski definition) is 2. The van der Waals surface area contributed by atoms with Gasteiger partial charge in [-0.25, -0.2) is 4.79 Å². The summed E-state index contributed by atoms with van der Waals surface area (Å²) in [5, 5.41) is 11.1. The van der Waals surface area contributed by atoms with Crippen LogP contribution < -0.4 is 11.1 Å². The Labute approximate surface area is 154 Å². The molecule has 3 N–H and O–H groups in total. The molecular weight excluding hydrogens is 384 g/mol. The second kappa shape index (κ2) is 7.36. The Morgan fingerprint density at radius 3 is 2.52 bits per heavy atom. The van der Waals surface area contributed by atoms with Gasteiger partial charge in [0, 0.05) is 21.5 Å². The second-order valence-corrected chi connectivity index (χ2v) is 6.44. The molecule has 2 rings (SSSR count). The molecular formula is C18H17BrN4O2. The van der Waals surface area contributed by atoms with Gasteiger partial charge >= 0.3 is 6.03 Å². The van der Waals surface area contributed by atoms with E-state index in [1.807, 2.05) is 54.9 Å². The molecule has 128 valence electrons. The summed E-state index contributed by atoms with van der Waals surface area (Å²) >= 11 is 3.48. The third kappa shape index (κ3) is 3.98. The number of carbonyl (C=O) groups excluding carboxylic acids is 2. The Hall–Kier alpha value is -2.85. The summed E-state index contributed by atoms with van der Waals surface area (Å²) in [6, 6.07) is 8.67. The van der Waals surface area contributed by atoms with Crippen LogP contribution in [-0.2, 0) is 4.79 Å². The highest BCUT2D eigenvalue weighted by molar-refractivity contribution is 9.10. The van der Waals surface area contributed by atoms with Crippen LogP contribution in [0, 0.1) is 32.1 Å². The number of carbonyl (C=O) groups is 2. The van der Waals surface area contributed by atoms with Gasteiger partial charge in [-0.1, -0.05) is 15.9 Å². The summed E-state index contributed by atoms with van der Waals surface area (Å²) < 4.78 is 3.06. The highest BCUT2D eigenvalue weighted by atomic mass is 79.9. The first-order valence-corrected chi connectivity index (χ1v) is 8.22. The Balaban J connectivity index is 2.50. The zero-order valence-corrected chi connectivity index (χ0v) is 15.6. The molecule has 0 saturated heterocycles. The monoisotopic (exact) mass is 400 g/mol. The van der Waals surface area contributed by atoms with Crippen molar-refractivity contribution in [3.63, 3.8) is 0 Å². The second-order valence-electron chi connectivity index (χ2n) is 5.58. The molecule has 0 radical (unpaired) electrons. The van der Waals surface area contributed by atoms with E-state index < -0.39 is 11.9 Å². The summed E-state index contributed by atoms with van der Waals surface area (Å²) in [5.41, 5.74) is 9.36. The molecule has 6 nitrogen and oxygen atoms in total. The van der Waals surface area contributed by atoms with Crippen molar-refractivity contribution in [2.45, 2.75) is 20.8 Å². The summed E-state index contributed by atoms with van der Waals surface area (Å²) in [5.74, 6) is -0.820. The van der Waals surface area contributed by atoms with Crippen molar-refractivity contribution in [3.8, 4) is 11.8 Å². The van der Waals surface area contributed by atoms with Crippen molar-refractivity contribution in [1.29, 1.82) is 5.26 Å². The van der Waals surface area contributed by atoms with Crippen LogP contribution >= 0.6 is 15.9 Å². The van der Waals surface area contributed by atoms with Crippen LogP contribution in [-0.4, -0.2) is 16.5 Å². The third-order valence-electron chi connectivity index (χ3n) is 3.77. The minimum Gasteiger partial charge on any atom is -0.351 e. The quantitative estimate of drug-likeness (QED) is 0.610. The number of aryl methyl sites for hydroxylation is 2. The lowest BCUT2D eigenvalue weighted by Crippen LogP contribution is -2.35. The summed E-state index contributed by atoms with van der Waals surface area (Å²) in [7, 11) is 0. The van der Waals surface area contributed by atoms with Gasteiger partial charge in [-0.3, -0.25) is 10.1 Å². The average molecular weight is 401 g/mol. The number of primary amides is 1. The van der Waals surface area contributed by atoms with Crippen molar-refractivity contribution >= 4 is 33.9 Å². The maximum atomic E-state index is 11.8. The van der Waals surface area contributed by atoms with E-state index in [9.17, 15) is 14.9 Å². The van der Waals surface area contributed by atoms with Gasteiger partial charge < -0.3 is 10.3 Å². The molecule has 7 heteroatoms. The van der Waals surface area contributed by atoms with Crippen LogP contribution in [0.4, 0.5) is 4.79 Å². The minimum atomic E-state index is -0.998. The van der Waals surface area contributed by atoms with E-state index in [1.165, 1.54) is 6.08 Å². The van der Waals surface area contributed by atoms with Crippen LogP contribution in [0.3, 0.4) is 0 Å². The maximum Gasteiger partial charge on any atom is 0.319 e. The number of nitrogens with one attached hydrogen (secondary N) is 1. The number of aromatic nitrogens is 1. The van der Waals surface area contributed by atoms with E-state index in [1.54, 1.807) is 6.07 Å². The van der Waals surface area contributed by atoms with Gasteiger partial charge in [0.15, 0.2) is 0 Å². The van der Waals surface area contributed by atoms with Gasteiger partial charge in [0.25, 0.3) is 5.91 Å². The largest absolute Gasteiger partial charge is 0.351 e. The van der Waals surface area contributed by atoms with E-state index in [0.717, 1.165) is 27.1 Å². The normalized spacial score (nSPS) is 11.1. The van der Waals surface area contributed by atoms with Crippen molar-refractivity contribution in [3.05, 3.63) is 56.8 Å². The Kier molecular flexibility index (Phi) is 5.45. The molecule has 25 heavy (non-hydrogen) atoms. The van der Waals surface area contributed by atoms with Gasteiger partial charge in [-0.15, -0.1) is 0 Å². The lowest BCUT2D eigenvalue weighted by molar-refractivity contribution is -0.115. The first-order chi connectivity index (χ1) is 11.7. The molecule has 0 atom stereocenters. The fourth-order valence-electron chi connectivity index (χ4n) is 2.58. The van der Waals surface area contributed by atoms with Crippen molar-refractivity contribution in [1.82, 2.24) is 9.88 Å². The Morgan fingerprint density at radius 2 is 1.96 bits per heavy atom. The molecule has 2 aromatic rings. The number of nitrogens with two attached hydrogens (primary N) is 1. The highest BCUT2D eigenvalue weighted by Gasteiger charge is 2.15. The fourth-order valence-corrected chi connectivity index (χ4v) is 2.83. The SMILES string of the molecule is Cc1cc(-n2c(C)cc(/C=C(/C#N)C(=O)NC(N)=O)c2C)ccc1Br. The number of amides is 3. The molecule has 0 aliphatic heterocycles. The summed E-state index contributed by atoms with van der Waals surface area (Å²) in [6.45, 7) is 5.85. The molecule has 0 saturated carbocycles. The van der Waals surface area contributed by atoms with Gasteiger partial charge in [0.05, 0.1) is 0 Å². The summed E-state index contributed by atoms with van der Waals surface area (Å²) in [6.07, 6.45) is 1.45. The Bertz CT molecular complexity index is 935. The van der Waals surface area contributed by atoms with E-state index in [0.29, 0.717) is 5.56 Å². The van der Waals surface area contributed by atoms with E-state index in [-0.39, 0.29) is 5.57 Å². The zero-order valence-electron chi connectivity index (χ0n) is 14.1. The molecule has 0 unspecified atom stereocenters. The van der Waals surface area contributed by atoms with Gasteiger partial charge in [0.1, 0.15) is 11.6 Å². The third-order valence-corrected chi connectivity index (χ3v) is 4.66. The van der Waals surface area contributed by atoms with Gasteiger partial charge in [-0.05, 0) is 62.2 Å². The topological polar surface area (TPSA) is 101 Å². The minimum absolute atomic E-state index is 0.189. The van der Waals surface area contributed by atoms with Crippen LogP contribution in [0.2, 0.25) is 0 Å². The number of halogens is 1. The van der Waals surface area contributed by atoms with Crippen LogP contribution in [0.25, 0.3) is 11.8 Å². The van der Waals surface area contributed by atoms with E-state index in [4.69, 9.17) is 5.73 Å². The molecule has 1 aromatic heterocycles. The smallest absolute Gasteiger partial charge is 0.319 e. The van der Waals surface area contributed by atoms with E-state index in [2.05, 4.69) is 15.9 Å². The number of nitrogens with zero attached hydrogens (tertiary/aromatic N) is 2. The average Bonchev–Trinajstić information content (AvgIpc) is 2.81. The van der Waals surface area contributed by atoms with Crippen molar-refractivity contribution < 1.29 is 9.59 Å². The predicted molar refractivity (Wildman–Crippen MR) is 99.0 cm³/mol. The summed E-state index contributed by atoms with van der Waals surface area (Å²) in [4.78, 5) is 22.6.